The number of alkyl halides is 1. The third-order valence-electron chi connectivity index (χ3n) is 6.67. The molecular formula is C28H28ClFN2O3. The SMILES string of the molecule is COc1ccc2nccc([C@@H](F)CC[C@@H]3CCN(CC#Cc4ccccc4Cl)C[C@@H]3C(=O)O)c2c1. The minimum atomic E-state index is -1.21. The molecule has 35 heavy (non-hydrogen) atoms. The normalized spacial score (nSPS) is 19.1. The largest absolute Gasteiger partial charge is 0.497 e. The molecule has 1 aliphatic heterocycles. The van der Waals surface area contributed by atoms with Gasteiger partial charge in [0.05, 0.1) is 30.1 Å². The van der Waals surface area contributed by atoms with Crippen LogP contribution in [0.15, 0.2) is 54.7 Å². The zero-order valence-corrected chi connectivity index (χ0v) is 20.3. The number of hydrogen-bond acceptors (Lipinski definition) is 4. The minimum Gasteiger partial charge on any atom is -0.497 e. The van der Waals surface area contributed by atoms with E-state index in [1.807, 2.05) is 24.3 Å². The van der Waals surface area contributed by atoms with Gasteiger partial charge in [0.25, 0.3) is 0 Å². The lowest BCUT2D eigenvalue weighted by molar-refractivity contribution is -0.146. The molecule has 0 radical (unpaired) electrons. The Morgan fingerprint density at radius 1 is 1.31 bits per heavy atom. The zero-order valence-electron chi connectivity index (χ0n) is 19.6. The van der Waals surface area contributed by atoms with E-state index in [1.54, 1.807) is 37.6 Å². The Balaban J connectivity index is 1.38. The number of pyridine rings is 1. The molecule has 1 aliphatic rings. The van der Waals surface area contributed by atoms with Crippen LogP contribution in [0.3, 0.4) is 0 Å². The van der Waals surface area contributed by atoms with Crippen LogP contribution in [0.5, 0.6) is 5.75 Å². The maximum atomic E-state index is 15.4. The highest BCUT2D eigenvalue weighted by molar-refractivity contribution is 6.31. The topological polar surface area (TPSA) is 62.7 Å². The molecule has 0 saturated carbocycles. The van der Waals surface area contributed by atoms with Gasteiger partial charge >= 0.3 is 5.97 Å². The van der Waals surface area contributed by atoms with Crippen LogP contribution in [0.2, 0.25) is 5.02 Å². The molecule has 0 aliphatic carbocycles. The second-order valence-electron chi connectivity index (χ2n) is 8.84. The summed E-state index contributed by atoms with van der Waals surface area (Å²) in [7, 11) is 1.57. The molecular weight excluding hydrogens is 467 g/mol. The standard InChI is InChI=1S/C28H28ClFN2O3/c1-35-21-9-11-27-23(17-21)22(12-14-31-27)26(30)10-8-19-13-16-32(18-24(19)28(33)34)15-4-6-20-5-2-3-7-25(20)29/h2-3,5,7,9,11-12,14,17,19,24,26H,8,10,13,15-16,18H2,1H3,(H,33,34)/t19-,24+,26+/m1/s1. The molecule has 1 N–H and O–H groups in total. The number of carboxylic acids is 1. The maximum Gasteiger partial charge on any atom is 0.308 e. The smallest absolute Gasteiger partial charge is 0.308 e. The fourth-order valence-corrected chi connectivity index (χ4v) is 4.89. The number of ether oxygens (including phenoxy) is 1. The number of likely N-dealkylation sites (tertiary alicyclic amines) is 1. The van der Waals surface area contributed by atoms with Crippen LogP contribution in [0.25, 0.3) is 10.9 Å². The molecule has 3 atom stereocenters. The van der Waals surface area contributed by atoms with Crippen molar-refractivity contribution in [2.24, 2.45) is 11.8 Å². The Labute approximate surface area is 209 Å². The van der Waals surface area contributed by atoms with Crippen molar-refractivity contribution in [1.82, 2.24) is 9.88 Å². The van der Waals surface area contributed by atoms with Gasteiger partial charge in [-0.05, 0) is 73.7 Å². The average molecular weight is 495 g/mol. The summed E-state index contributed by atoms with van der Waals surface area (Å²) < 4.78 is 20.7. The Kier molecular flexibility index (Phi) is 8.22. The molecule has 2 aromatic carbocycles. The van der Waals surface area contributed by atoms with Crippen LogP contribution in [-0.2, 0) is 4.79 Å². The number of halogens is 2. The third kappa shape index (κ3) is 6.11. The lowest BCUT2D eigenvalue weighted by atomic mass is 9.81. The molecule has 1 fully saturated rings. The van der Waals surface area contributed by atoms with Crippen molar-refractivity contribution in [2.75, 3.05) is 26.7 Å². The van der Waals surface area contributed by atoms with Gasteiger partial charge in [0.2, 0.25) is 0 Å². The molecule has 4 rings (SSSR count). The fourth-order valence-electron chi connectivity index (χ4n) is 4.71. The van der Waals surface area contributed by atoms with Gasteiger partial charge in [-0.15, -0.1) is 0 Å². The predicted octanol–water partition coefficient (Wildman–Crippen LogP) is 5.76. The first-order valence-corrected chi connectivity index (χ1v) is 12.1. The highest BCUT2D eigenvalue weighted by Crippen LogP contribution is 2.35. The highest BCUT2D eigenvalue weighted by atomic mass is 35.5. The van der Waals surface area contributed by atoms with Crippen molar-refractivity contribution in [3.8, 4) is 17.6 Å². The summed E-state index contributed by atoms with van der Waals surface area (Å²) in [4.78, 5) is 18.4. The van der Waals surface area contributed by atoms with E-state index in [1.165, 1.54) is 0 Å². The van der Waals surface area contributed by atoms with Crippen molar-refractivity contribution in [1.29, 1.82) is 0 Å². The first-order chi connectivity index (χ1) is 17.0. The Hall–Kier alpha value is -3.14. The molecule has 0 spiro atoms. The van der Waals surface area contributed by atoms with Crippen LogP contribution in [0.1, 0.15) is 36.6 Å². The zero-order chi connectivity index (χ0) is 24.8. The summed E-state index contributed by atoms with van der Waals surface area (Å²) in [5.41, 5.74) is 2.03. The van der Waals surface area contributed by atoms with Crippen LogP contribution < -0.4 is 4.74 Å². The molecule has 5 nitrogen and oxygen atoms in total. The number of fused-ring (bicyclic) bond motifs is 1. The summed E-state index contributed by atoms with van der Waals surface area (Å²) in [5, 5.41) is 11.2. The molecule has 0 bridgehead atoms. The van der Waals surface area contributed by atoms with Crippen LogP contribution >= 0.6 is 11.6 Å². The number of aromatic nitrogens is 1. The first kappa shape index (κ1) is 25.0. The third-order valence-corrected chi connectivity index (χ3v) is 7.00. The first-order valence-electron chi connectivity index (χ1n) is 11.7. The number of methoxy groups -OCH3 is 1. The molecule has 2 heterocycles. The number of piperidine rings is 1. The molecule has 182 valence electrons. The minimum absolute atomic E-state index is 0.0823. The Morgan fingerprint density at radius 3 is 2.91 bits per heavy atom. The number of hydrogen-bond donors (Lipinski definition) is 1. The Morgan fingerprint density at radius 2 is 2.14 bits per heavy atom. The summed E-state index contributed by atoms with van der Waals surface area (Å²) in [6, 6.07) is 14.5. The van der Waals surface area contributed by atoms with E-state index in [0.29, 0.717) is 47.8 Å². The summed E-state index contributed by atoms with van der Waals surface area (Å²) in [6.07, 6.45) is 1.87. The number of aliphatic carboxylic acids is 1. The average Bonchev–Trinajstić information content (AvgIpc) is 2.88. The van der Waals surface area contributed by atoms with Crippen molar-refractivity contribution in [2.45, 2.75) is 25.4 Å². The molecule has 1 saturated heterocycles. The highest BCUT2D eigenvalue weighted by Gasteiger charge is 2.34. The van der Waals surface area contributed by atoms with Gasteiger partial charge in [-0.25, -0.2) is 4.39 Å². The maximum absolute atomic E-state index is 15.4. The van der Waals surface area contributed by atoms with Crippen molar-refractivity contribution in [3.63, 3.8) is 0 Å². The van der Waals surface area contributed by atoms with Crippen molar-refractivity contribution < 1.29 is 19.0 Å². The number of rotatable bonds is 7. The number of carbonyl (C=O) groups is 1. The summed E-state index contributed by atoms with van der Waals surface area (Å²) in [5.74, 6) is 5.35. The van der Waals surface area contributed by atoms with Crippen molar-refractivity contribution in [3.05, 3.63) is 70.9 Å². The molecule has 1 aromatic heterocycles. The van der Waals surface area contributed by atoms with E-state index in [9.17, 15) is 9.90 Å². The Bertz CT molecular complexity index is 1260. The van der Waals surface area contributed by atoms with E-state index < -0.39 is 18.1 Å². The van der Waals surface area contributed by atoms with Crippen molar-refractivity contribution >= 4 is 28.5 Å². The summed E-state index contributed by atoms with van der Waals surface area (Å²) in [6.45, 7) is 1.61. The second-order valence-corrected chi connectivity index (χ2v) is 9.25. The lowest BCUT2D eigenvalue weighted by Gasteiger charge is -2.35. The molecule has 0 amide bonds. The van der Waals surface area contributed by atoms with Crippen LogP contribution in [0, 0.1) is 23.7 Å². The lowest BCUT2D eigenvalue weighted by Crippen LogP contribution is -2.44. The van der Waals surface area contributed by atoms with E-state index in [0.717, 1.165) is 17.5 Å². The van der Waals surface area contributed by atoms with Crippen LogP contribution in [0.4, 0.5) is 4.39 Å². The van der Waals surface area contributed by atoms with E-state index in [4.69, 9.17) is 16.3 Å². The van der Waals surface area contributed by atoms with Crippen LogP contribution in [-0.4, -0.2) is 47.7 Å². The number of nitrogens with zero attached hydrogens (tertiary/aromatic N) is 2. The van der Waals surface area contributed by atoms with Gasteiger partial charge in [-0.2, -0.15) is 0 Å². The van der Waals surface area contributed by atoms with Gasteiger partial charge in [0.15, 0.2) is 0 Å². The second kappa shape index (κ2) is 11.5. The number of carboxylic acid groups (broad SMARTS) is 1. The molecule has 0 unspecified atom stereocenters. The van der Waals surface area contributed by atoms with Gasteiger partial charge < -0.3 is 9.84 Å². The van der Waals surface area contributed by atoms with Gasteiger partial charge in [0, 0.05) is 23.7 Å². The van der Waals surface area contributed by atoms with Gasteiger partial charge in [0.1, 0.15) is 11.9 Å². The van der Waals surface area contributed by atoms with E-state index >= 15 is 4.39 Å². The molecule has 3 aromatic rings. The van der Waals surface area contributed by atoms with E-state index in [-0.39, 0.29) is 12.3 Å². The predicted molar refractivity (Wildman–Crippen MR) is 135 cm³/mol. The quantitative estimate of drug-likeness (QED) is 0.423. The summed E-state index contributed by atoms with van der Waals surface area (Å²) >= 11 is 6.15. The van der Waals surface area contributed by atoms with Gasteiger partial charge in [-0.3, -0.25) is 14.7 Å². The van der Waals surface area contributed by atoms with E-state index in [2.05, 4.69) is 21.7 Å². The monoisotopic (exact) mass is 494 g/mol. The van der Waals surface area contributed by atoms with Gasteiger partial charge in [-0.1, -0.05) is 35.6 Å². The number of benzene rings is 2. The fraction of sp³-hybridized carbons (Fsp3) is 0.357. The molecule has 7 heteroatoms.